The van der Waals surface area contributed by atoms with Crippen LogP contribution < -0.4 is 10.2 Å². The van der Waals surface area contributed by atoms with Crippen LogP contribution in [0.1, 0.15) is 12.8 Å². The Bertz CT molecular complexity index is 1020. The third-order valence-electron chi connectivity index (χ3n) is 5.62. The average molecular weight is 465 g/mol. The van der Waals surface area contributed by atoms with Crippen LogP contribution in [-0.2, 0) is 19.6 Å². The minimum atomic E-state index is -3.66. The smallest absolute Gasteiger partial charge is 0.246 e. The van der Waals surface area contributed by atoms with E-state index in [1.807, 2.05) is 4.90 Å². The van der Waals surface area contributed by atoms with E-state index in [0.29, 0.717) is 68.8 Å². The van der Waals surface area contributed by atoms with Crippen LogP contribution in [0.15, 0.2) is 47.5 Å². The maximum Gasteiger partial charge on any atom is 0.246 e. The molecule has 0 radical (unpaired) electrons. The number of carbonyl (C=O) groups is 1. The second-order valence-corrected chi connectivity index (χ2v) is 9.94. The van der Waals surface area contributed by atoms with Crippen LogP contribution in [-0.4, -0.2) is 63.0 Å². The van der Waals surface area contributed by atoms with Crippen molar-refractivity contribution in [3.8, 4) is 0 Å². The molecule has 31 heavy (non-hydrogen) atoms. The van der Waals surface area contributed by atoms with Gasteiger partial charge in [-0.1, -0.05) is 11.6 Å². The lowest BCUT2D eigenvalue weighted by molar-refractivity contribution is -0.120. The molecule has 0 atom stereocenters. The first kappa shape index (κ1) is 22.0. The molecule has 2 aromatic rings. The van der Waals surface area contributed by atoms with E-state index in [-0.39, 0.29) is 16.7 Å². The van der Waals surface area contributed by atoms with Crippen LogP contribution in [0.25, 0.3) is 0 Å². The van der Waals surface area contributed by atoms with Gasteiger partial charge in [0.2, 0.25) is 15.9 Å². The summed E-state index contributed by atoms with van der Waals surface area (Å²) in [5.74, 6) is 0.268. The highest BCUT2D eigenvalue weighted by Gasteiger charge is 2.33. The van der Waals surface area contributed by atoms with Crippen LogP contribution in [0.2, 0.25) is 5.02 Å². The predicted molar refractivity (Wildman–Crippen MR) is 119 cm³/mol. The van der Waals surface area contributed by atoms with E-state index < -0.39 is 10.0 Å². The van der Waals surface area contributed by atoms with Crippen molar-refractivity contribution in [2.45, 2.75) is 17.7 Å². The Balaban J connectivity index is 1.43. The van der Waals surface area contributed by atoms with Gasteiger partial charge in [0.25, 0.3) is 0 Å². The number of aromatic nitrogens is 1. The Morgan fingerprint density at radius 1 is 1.06 bits per heavy atom. The fourth-order valence-electron chi connectivity index (χ4n) is 3.88. The van der Waals surface area contributed by atoms with Gasteiger partial charge in [-0.15, -0.1) is 0 Å². The van der Waals surface area contributed by atoms with Gasteiger partial charge in [-0.05, 0) is 49.2 Å². The fraction of sp³-hybridized carbons (Fsp3) is 0.429. The number of amides is 1. The van der Waals surface area contributed by atoms with Crippen molar-refractivity contribution in [2.75, 3.05) is 49.6 Å². The van der Waals surface area contributed by atoms with Crippen molar-refractivity contribution in [3.05, 3.63) is 47.6 Å². The number of benzene rings is 1. The summed E-state index contributed by atoms with van der Waals surface area (Å²) in [4.78, 5) is 19.2. The first-order chi connectivity index (χ1) is 14.9. The molecule has 2 aliphatic rings. The molecule has 4 rings (SSSR count). The summed E-state index contributed by atoms with van der Waals surface area (Å²) in [6.45, 7) is 2.57. The molecule has 2 aliphatic heterocycles. The zero-order valence-electron chi connectivity index (χ0n) is 17.0. The largest absolute Gasteiger partial charge is 0.379 e. The summed E-state index contributed by atoms with van der Waals surface area (Å²) >= 11 is 5.89. The number of piperidine rings is 1. The summed E-state index contributed by atoms with van der Waals surface area (Å²) < 4.78 is 33.1. The number of ether oxygens (including phenoxy) is 1. The Hall–Kier alpha value is -2.20. The maximum absolute atomic E-state index is 13.2. The molecule has 0 bridgehead atoms. The lowest BCUT2D eigenvalue weighted by atomic mass is 9.95. The van der Waals surface area contributed by atoms with Crippen LogP contribution in [0.4, 0.5) is 11.5 Å². The van der Waals surface area contributed by atoms with Gasteiger partial charge in [-0.3, -0.25) is 4.79 Å². The van der Waals surface area contributed by atoms with E-state index in [0.717, 1.165) is 0 Å². The van der Waals surface area contributed by atoms with Crippen molar-refractivity contribution in [3.63, 3.8) is 0 Å². The quantitative estimate of drug-likeness (QED) is 0.731. The summed E-state index contributed by atoms with van der Waals surface area (Å²) in [6, 6.07) is 10.3. The number of hydrogen-bond acceptors (Lipinski definition) is 6. The molecule has 8 nitrogen and oxygen atoms in total. The Morgan fingerprint density at radius 2 is 1.74 bits per heavy atom. The van der Waals surface area contributed by atoms with Crippen LogP contribution in [0, 0.1) is 5.92 Å². The first-order valence-electron chi connectivity index (χ1n) is 10.3. The van der Waals surface area contributed by atoms with E-state index in [4.69, 9.17) is 16.3 Å². The molecule has 0 spiro atoms. The highest BCUT2D eigenvalue weighted by Crippen LogP contribution is 2.30. The highest BCUT2D eigenvalue weighted by atomic mass is 35.5. The Kier molecular flexibility index (Phi) is 6.76. The number of rotatable bonds is 5. The predicted octanol–water partition coefficient (Wildman–Crippen LogP) is 2.61. The minimum absolute atomic E-state index is 0.0378. The lowest BCUT2D eigenvalue weighted by Crippen LogP contribution is -2.42. The van der Waals surface area contributed by atoms with Crippen LogP contribution in [0.3, 0.4) is 0 Å². The molecule has 1 amide bonds. The fourth-order valence-corrected chi connectivity index (χ4v) is 5.58. The lowest BCUT2D eigenvalue weighted by Gasteiger charge is -2.34. The van der Waals surface area contributed by atoms with Gasteiger partial charge in [0.1, 0.15) is 10.7 Å². The van der Waals surface area contributed by atoms with Gasteiger partial charge in [0, 0.05) is 49.0 Å². The normalized spacial score (nSPS) is 18.7. The zero-order chi connectivity index (χ0) is 21.8. The van der Waals surface area contributed by atoms with Crippen LogP contribution in [0.5, 0.6) is 0 Å². The molecule has 0 unspecified atom stereocenters. The number of halogens is 1. The number of nitrogens with one attached hydrogen (secondary N) is 1. The second kappa shape index (κ2) is 9.52. The molecule has 2 fully saturated rings. The second-order valence-electron chi connectivity index (χ2n) is 7.60. The van der Waals surface area contributed by atoms with Gasteiger partial charge in [0.05, 0.1) is 13.2 Å². The summed E-state index contributed by atoms with van der Waals surface area (Å²) in [6.07, 6.45) is 2.84. The number of sulfonamides is 1. The molecule has 1 aromatic heterocycles. The molecule has 1 aromatic carbocycles. The monoisotopic (exact) mass is 464 g/mol. The van der Waals surface area contributed by atoms with Crippen LogP contribution >= 0.6 is 11.6 Å². The SMILES string of the molecule is O=C(Nc1ccc(Cl)cc1)C1CCN(c2ncccc2S(=O)(=O)N2CCOCC2)CC1. The van der Waals surface area contributed by atoms with Gasteiger partial charge in [0.15, 0.2) is 0 Å². The van der Waals surface area contributed by atoms with Crippen molar-refractivity contribution in [2.24, 2.45) is 5.92 Å². The van der Waals surface area contributed by atoms with Gasteiger partial charge < -0.3 is 15.0 Å². The number of hydrogen-bond donors (Lipinski definition) is 1. The number of carbonyl (C=O) groups excluding carboxylic acids is 1. The summed E-state index contributed by atoms with van der Waals surface area (Å²) in [5, 5.41) is 3.54. The molecule has 166 valence electrons. The van der Waals surface area contributed by atoms with Gasteiger partial charge in [-0.2, -0.15) is 4.31 Å². The molecule has 1 N–H and O–H groups in total. The van der Waals surface area contributed by atoms with Crippen molar-refractivity contribution >= 4 is 39.0 Å². The number of nitrogens with zero attached hydrogens (tertiary/aromatic N) is 3. The van der Waals surface area contributed by atoms with Gasteiger partial charge in [-0.25, -0.2) is 13.4 Å². The molecular weight excluding hydrogens is 440 g/mol. The molecule has 0 aliphatic carbocycles. The van der Waals surface area contributed by atoms with E-state index in [9.17, 15) is 13.2 Å². The molecule has 0 saturated carbocycles. The molecule has 2 saturated heterocycles. The third kappa shape index (κ3) is 5.01. The average Bonchev–Trinajstić information content (AvgIpc) is 2.81. The Morgan fingerprint density at radius 3 is 2.42 bits per heavy atom. The number of pyridine rings is 1. The standard InChI is InChI=1S/C21H25ClN4O4S/c22-17-3-5-18(6-4-17)24-21(27)16-7-10-25(11-8-16)20-19(2-1-9-23-20)31(28,29)26-12-14-30-15-13-26/h1-6,9,16H,7-8,10-15H2,(H,24,27). The third-order valence-corrected chi connectivity index (χ3v) is 7.79. The van der Waals surface area contributed by atoms with Crippen molar-refractivity contribution in [1.29, 1.82) is 0 Å². The van der Waals surface area contributed by atoms with E-state index >= 15 is 0 Å². The minimum Gasteiger partial charge on any atom is -0.379 e. The topological polar surface area (TPSA) is 91.8 Å². The van der Waals surface area contributed by atoms with Crippen molar-refractivity contribution in [1.82, 2.24) is 9.29 Å². The zero-order valence-corrected chi connectivity index (χ0v) is 18.6. The van der Waals surface area contributed by atoms with E-state index in [1.54, 1.807) is 42.6 Å². The number of anilines is 2. The van der Waals surface area contributed by atoms with Crippen molar-refractivity contribution < 1.29 is 17.9 Å². The molecule has 3 heterocycles. The highest BCUT2D eigenvalue weighted by molar-refractivity contribution is 7.89. The summed E-state index contributed by atoms with van der Waals surface area (Å²) in [7, 11) is -3.66. The van der Waals surface area contributed by atoms with E-state index in [2.05, 4.69) is 10.3 Å². The molecule has 10 heteroatoms. The summed E-state index contributed by atoms with van der Waals surface area (Å²) in [5.41, 5.74) is 0.709. The number of morpholine rings is 1. The van der Waals surface area contributed by atoms with E-state index in [1.165, 1.54) is 4.31 Å². The molecular formula is C21H25ClN4O4S. The van der Waals surface area contributed by atoms with Gasteiger partial charge >= 0.3 is 0 Å². The first-order valence-corrected chi connectivity index (χ1v) is 12.1. The maximum atomic E-state index is 13.2. The Labute approximate surface area is 187 Å².